The summed E-state index contributed by atoms with van der Waals surface area (Å²) in [5, 5.41) is 3.21. The van der Waals surface area contributed by atoms with Gasteiger partial charge in [0.25, 0.3) is 0 Å². The third kappa shape index (κ3) is 2.97. The van der Waals surface area contributed by atoms with Crippen LogP contribution >= 0.6 is 0 Å². The van der Waals surface area contributed by atoms with Gasteiger partial charge >= 0.3 is 5.97 Å². The number of hydrogen-bond acceptors (Lipinski definition) is 4. The van der Waals surface area contributed by atoms with Gasteiger partial charge in [-0.25, -0.2) is 0 Å². The topological polar surface area (TPSA) is 47.6 Å². The van der Waals surface area contributed by atoms with Crippen LogP contribution in [-0.2, 0) is 14.3 Å². The fourth-order valence-electron chi connectivity index (χ4n) is 1.51. The Morgan fingerprint density at radius 3 is 2.85 bits per heavy atom. The Morgan fingerprint density at radius 2 is 2.31 bits per heavy atom. The SMILES string of the molecule is COCCOC(=O)C1CCNC1C. The minimum atomic E-state index is -0.102. The van der Waals surface area contributed by atoms with E-state index in [1.54, 1.807) is 7.11 Å². The lowest BCUT2D eigenvalue weighted by atomic mass is 10.0. The van der Waals surface area contributed by atoms with Crippen molar-refractivity contribution in [3.63, 3.8) is 0 Å². The number of rotatable bonds is 4. The van der Waals surface area contributed by atoms with Crippen LogP contribution in [0.1, 0.15) is 13.3 Å². The van der Waals surface area contributed by atoms with Gasteiger partial charge in [0.1, 0.15) is 6.61 Å². The van der Waals surface area contributed by atoms with Crippen molar-refractivity contribution in [3.05, 3.63) is 0 Å². The summed E-state index contributed by atoms with van der Waals surface area (Å²) in [6.07, 6.45) is 0.882. The van der Waals surface area contributed by atoms with Crippen LogP contribution in [0.3, 0.4) is 0 Å². The number of hydrogen-bond donors (Lipinski definition) is 1. The molecule has 2 unspecified atom stereocenters. The van der Waals surface area contributed by atoms with Gasteiger partial charge in [0, 0.05) is 13.2 Å². The molecule has 0 amide bonds. The van der Waals surface area contributed by atoms with Crippen molar-refractivity contribution >= 4 is 5.97 Å². The van der Waals surface area contributed by atoms with Crippen molar-refractivity contribution in [1.29, 1.82) is 0 Å². The normalized spacial score (nSPS) is 27.5. The molecular formula is C9H17NO3. The standard InChI is InChI=1S/C9H17NO3/c1-7-8(3-4-10-7)9(11)13-6-5-12-2/h7-8,10H,3-6H2,1-2H3. The van der Waals surface area contributed by atoms with Crippen LogP contribution in [0.5, 0.6) is 0 Å². The van der Waals surface area contributed by atoms with Crippen LogP contribution in [0, 0.1) is 5.92 Å². The molecule has 1 aliphatic rings. The molecule has 76 valence electrons. The van der Waals surface area contributed by atoms with Gasteiger partial charge in [0.15, 0.2) is 0 Å². The molecule has 1 fully saturated rings. The fourth-order valence-corrected chi connectivity index (χ4v) is 1.51. The second-order valence-corrected chi connectivity index (χ2v) is 3.30. The minimum absolute atomic E-state index is 0.0249. The van der Waals surface area contributed by atoms with E-state index in [9.17, 15) is 4.79 Å². The Hall–Kier alpha value is -0.610. The quantitative estimate of drug-likeness (QED) is 0.503. The monoisotopic (exact) mass is 187 g/mol. The minimum Gasteiger partial charge on any atom is -0.463 e. The zero-order valence-corrected chi connectivity index (χ0v) is 8.21. The van der Waals surface area contributed by atoms with Crippen LogP contribution < -0.4 is 5.32 Å². The highest BCUT2D eigenvalue weighted by Crippen LogP contribution is 2.16. The third-order valence-electron chi connectivity index (χ3n) is 2.36. The maximum absolute atomic E-state index is 11.4. The smallest absolute Gasteiger partial charge is 0.310 e. The maximum Gasteiger partial charge on any atom is 0.310 e. The first kappa shape index (κ1) is 10.5. The largest absolute Gasteiger partial charge is 0.463 e. The molecule has 0 spiro atoms. The van der Waals surface area contributed by atoms with E-state index in [-0.39, 0.29) is 17.9 Å². The van der Waals surface area contributed by atoms with Crippen LogP contribution in [0.15, 0.2) is 0 Å². The van der Waals surface area contributed by atoms with Crippen molar-refractivity contribution in [1.82, 2.24) is 5.32 Å². The highest BCUT2D eigenvalue weighted by molar-refractivity contribution is 5.73. The molecule has 13 heavy (non-hydrogen) atoms. The Bertz CT molecular complexity index is 172. The average Bonchev–Trinajstić information content (AvgIpc) is 2.52. The summed E-state index contributed by atoms with van der Waals surface area (Å²) in [6, 6.07) is 0.245. The highest BCUT2D eigenvalue weighted by atomic mass is 16.6. The molecule has 0 radical (unpaired) electrons. The molecule has 1 heterocycles. The second kappa shape index (κ2) is 5.19. The Balaban J connectivity index is 2.22. The van der Waals surface area contributed by atoms with Crippen LogP contribution in [-0.4, -0.2) is 38.9 Å². The van der Waals surface area contributed by atoms with Crippen LogP contribution in [0.4, 0.5) is 0 Å². The molecule has 4 heteroatoms. The van der Waals surface area contributed by atoms with E-state index in [1.807, 2.05) is 6.92 Å². The van der Waals surface area contributed by atoms with Crippen molar-refractivity contribution in [2.24, 2.45) is 5.92 Å². The van der Waals surface area contributed by atoms with E-state index in [2.05, 4.69) is 5.32 Å². The molecule has 0 aromatic carbocycles. The van der Waals surface area contributed by atoms with Crippen molar-refractivity contribution < 1.29 is 14.3 Å². The summed E-state index contributed by atoms with van der Waals surface area (Å²) in [5.41, 5.74) is 0. The first-order valence-electron chi connectivity index (χ1n) is 4.64. The van der Waals surface area contributed by atoms with Gasteiger partial charge in [0.05, 0.1) is 12.5 Å². The molecule has 1 aliphatic heterocycles. The Labute approximate surface area is 78.6 Å². The second-order valence-electron chi connectivity index (χ2n) is 3.30. The molecular weight excluding hydrogens is 170 g/mol. The predicted molar refractivity (Wildman–Crippen MR) is 48.4 cm³/mol. The number of carbonyl (C=O) groups excluding carboxylic acids is 1. The summed E-state index contributed by atoms with van der Waals surface area (Å²) >= 11 is 0. The summed E-state index contributed by atoms with van der Waals surface area (Å²) in [4.78, 5) is 11.4. The van der Waals surface area contributed by atoms with E-state index in [0.29, 0.717) is 13.2 Å². The Morgan fingerprint density at radius 1 is 1.54 bits per heavy atom. The molecule has 4 nitrogen and oxygen atoms in total. The van der Waals surface area contributed by atoms with Crippen molar-refractivity contribution in [3.8, 4) is 0 Å². The third-order valence-corrected chi connectivity index (χ3v) is 2.36. The molecule has 1 saturated heterocycles. The highest BCUT2D eigenvalue weighted by Gasteiger charge is 2.30. The molecule has 0 bridgehead atoms. The van der Waals surface area contributed by atoms with Crippen LogP contribution in [0.2, 0.25) is 0 Å². The zero-order chi connectivity index (χ0) is 9.68. The predicted octanol–water partition coefficient (Wildman–Crippen LogP) is 0.174. The summed E-state index contributed by atoms with van der Waals surface area (Å²) < 4.78 is 9.82. The van der Waals surface area contributed by atoms with Gasteiger partial charge < -0.3 is 14.8 Å². The van der Waals surface area contributed by atoms with E-state index in [1.165, 1.54) is 0 Å². The first-order chi connectivity index (χ1) is 6.25. The number of esters is 1. The van der Waals surface area contributed by atoms with Crippen molar-refractivity contribution in [2.75, 3.05) is 26.9 Å². The van der Waals surface area contributed by atoms with Gasteiger partial charge in [-0.3, -0.25) is 4.79 Å². The number of methoxy groups -OCH3 is 1. The lowest BCUT2D eigenvalue weighted by molar-refractivity contribution is -0.149. The number of nitrogens with one attached hydrogen (secondary N) is 1. The van der Waals surface area contributed by atoms with Crippen molar-refractivity contribution in [2.45, 2.75) is 19.4 Å². The van der Waals surface area contributed by atoms with Gasteiger partial charge in [0.2, 0.25) is 0 Å². The summed E-state index contributed by atoms with van der Waals surface area (Å²) in [5.74, 6) is -0.0774. The van der Waals surface area contributed by atoms with Crippen LogP contribution in [0.25, 0.3) is 0 Å². The molecule has 1 N–H and O–H groups in total. The van der Waals surface area contributed by atoms with Gasteiger partial charge in [-0.15, -0.1) is 0 Å². The molecule has 0 aromatic rings. The zero-order valence-electron chi connectivity index (χ0n) is 8.21. The van der Waals surface area contributed by atoms with Gasteiger partial charge in [-0.1, -0.05) is 0 Å². The summed E-state index contributed by atoms with van der Waals surface area (Å²) in [7, 11) is 1.59. The number of ether oxygens (including phenoxy) is 2. The van der Waals surface area contributed by atoms with Gasteiger partial charge in [-0.2, -0.15) is 0 Å². The maximum atomic E-state index is 11.4. The van der Waals surface area contributed by atoms with E-state index in [4.69, 9.17) is 9.47 Å². The van der Waals surface area contributed by atoms with E-state index in [0.717, 1.165) is 13.0 Å². The molecule has 1 rings (SSSR count). The van der Waals surface area contributed by atoms with Gasteiger partial charge in [-0.05, 0) is 19.9 Å². The fraction of sp³-hybridized carbons (Fsp3) is 0.889. The van der Waals surface area contributed by atoms with E-state index < -0.39 is 0 Å². The lowest BCUT2D eigenvalue weighted by Crippen LogP contribution is -2.30. The molecule has 0 saturated carbocycles. The molecule has 2 atom stereocenters. The molecule has 0 aromatic heterocycles. The lowest BCUT2D eigenvalue weighted by Gasteiger charge is -2.13. The average molecular weight is 187 g/mol. The summed E-state index contributed by atoms with van der Waals surface area (Å²) in [6.45, 7) is 3.75. The Kier molecular flexibility index (Phi) is 4.18. The molecule has 0 aliphatic carbocycles. The van der Waals surface area contributed by atoms with E-state index >= 15 is 0 Å². The number of carbonyl (C=O) groups is 1. The first-order valence-corrected chi connectivity index (χ1v) is 4.64.